The van der Waals surface area contributed by atoms with Crippen LogP contribution in [0.4, 0.5) is 5.82 Å². The molecule has 0 atom stereocenters. The van der Waals surface area contributed by atoms with E-state index in [1.165, 1.54) is 0 Å². The number of pyridine rings is 2. The zero-order valence-electron chi connectivity index (χ0n) is 23.0. The summed E-state index contributed by atoms with van der Waals surface area (Å²) >= 11 is 0. The third kappa shape index (κ3) is 4.71. The van der Waals surface area contributed by atoms with Crippen molar-refractivity contribution in [2.24, 2.45) is 5.73 Å². The second-order valence-electron chi connectivity index (χ2n) is 11.6. The number of imidazole rings is 1. The molecule has 40 heavy (non-hydrogen) atoms. The molecular weight excluding hydrogens is 498 g/mol. The summed E-state index contributed by atoms with van der Waals surface area (Å²) in [5.41, 5.74) is 18.6. The van der Waals surface area contributed by atoms with Crippen LogP contribution in [0.15, 0.2) is 79.0 Å². The number of carbonyl (C=O) groups excluding carboxylic acids is 1. The number of nitrogens with two attached hydrogens (primary N) is 2. The molecule has 1 saturated carbocycles. The van der Waals surface area contributed by atoms with Gasteiger partial charge in [-0.2, -0.15) is 0 Å². The Morgan fingerprint density at radius 3 is 2.42 bits per heavy atom. The van der Waals surface area contributed by atoms with Crippen molar-refractivity contribution in [2.45, 2.75) is 51.1 Å². The molecule has 1 aliphatic rings. The van der Waals surface area contributed by atoms with Crippen molar-refractivity contribution in [2.75, 3.05) is 5.73 Å². The molecule has 202 valence electrons. The molecule has 3 aromatic heterocycles. The molecule has 1 amide bonds. The van der Waals surface area contributed by atoms with Gasteiger partial charge >= 0.3 is 0 Å². The SMILES string of the molecule is CC(C)(C)NC(=O)c1cccc(-c2ccc3nc(-c4cccnc4N)n(-c4ccc(C5(N)CCC5)cc4)c3n2)c1. The van der Waals surface area contributed by atoms with Gasteiger partial charge in [0.05, 0.1) is 11.3 Å². The lowest BCUT2D eigenvalue weighted by Crippen LogP contribution is -2.43. The van der Waals surface area contributed by atoms with Gasteiger partial charge in [-0.25, -0.2) is 15.0 Å². The zero-order valence-corrected chi connectivity index (χ0v) is 23.0. The summed E-state index contributed by atoms with van der Waals surface area (Å²) in [5.74, 6) is 0.922. The highest BCUT2D eigenvalue weighted by molar-refractivity contribution is 5.96. The largest absolute Gasteiger partial charge is 0.383 e. The van der Waals surface area contributed by atoms with Gasteiger partial charge in [-0.1, -0.05) is 24.3 Å². The number of carbonyl (C=O) groups is 1. The van der Waals surface area contributed by atoms with Crippen molar-refractivity contribution in [3.63, 3.8) is 0 Å². The Bertz CT molecular complexity index is 1730. The van der Waals surface area contributed by atoms with E-state index in [9.17, 15) is 4.79 Å². The first kappa shape index (κ1) is 25.7. The maximum Gasteiger partial charge on any atom is 0.251 e. The monoisotopic (exact) mass is 531 g/mol. The van der Waals surface area contributed by atoms with Crippen molar-refractivity contribution >= 4 is 22.9 Å². The normalized spacial score (nSPS) is 14.6. The number of benzene rings is 2. The number of hydrogen-bond donors (Lipinski definition) is 3. The molecule has 0 bridgehead atoms. The van der Waals surface area contributed by atoms with Crippen molar-refractivity contribution in [3.05, 3.63) is 90.1 Å². The molecule has 5 N–H and O–H groups in total. The van der Waals surface area contributed by atoms with Gasteiger partial charge in [-0.15, -0.1) is 0 Å². The number of aromatic nitrogens is 4. The molecule has 0 aliphatic heterocycles. The van der Waals surface area contributed by atoms with E-state index in [4.69, 9.17) is 21.4 Å². The lowest BCUT2D eigenvalue weighted by molar-refractivity contribution is 0.0919. The van der Waals surface area contributed by atoms with E-state index in [2.05, 4.69) is 34.6 Å². The highest BCUT2D eigenvalue weighted by Crippen LogP contribution is 2.39. The number of nitrogens with zero attached hydrogens (tertiary/aromatic N) is 4. The molecule has 8 nitrogen and oxygen atoms in total. The van der Waals surface area contributed by atoms with Gasteiger partial charge in [-0.05, 0) is 94.1 Å². The van der Waals surface area contributed by atoms with Gasteiger partial charge in [0, 0.05) is 34.1 Å². The van der Waals surface area contributed by atoms with Gasteiger partial charge < -0.3 is 16.8 Å². The molecule has 6 rings (SSSR count). The van der Waals surface area contributed by atoms with Crippen molar-refractivity contribution < 1.29 is 4.79 Å². The Morgan fingerprint density at radius 1 is 0.975 bits per heavy atom. The van der Waals surface area contributed by atoms with Crippen LogP contribution in [0.25, 0.3) is 39.5 Å². The molecule has 1 aliphatic carbocycles. The second kappa shape index (κ2) is 9.57. The summed E-state index contributed by atoms with van der Waals surface area (Å²) in [6.07, 6.45) is 4.81. The molecule has 1 fully saturated rings. The number of fused-ring (bicyclic) bond motifs is 1. The topological polar surface area (TPSA) is 125 Å². The number of nitrogen functional groups attached to an aromatic ring is 1. The average molecular weight is 532 g/mol. The number of amides is 1. The van der Waals surface area contributed by atoms with Crippen LogP contribution in [0.3, 0.4) is 0 Å². The highest BCUT2D eigenvalue weighted by Gasteiger charge is 2.34. The molecule has 0 saturated heterocycles. The van der Waals surface area contributed by atoms with Crippen molar-refractivity contribution in [1.82, 2.24) is 24.8 Å². The van der Waals surface area contributed by atoms with E-state index in [-0.39, 0.29) is 17.0 Å². The van der Waals surface area contributed by atoms with Gasteiger partial charge in [0.25, 0.3) is 5.91 Å². The standard InChI is InChI=1S/C32H33N7O/c1-31(2,3)38-30(40)21-8-4-7-20(19-21)25-14-15-26-29(36-25)39(28(37-26)24-9-5-18-35-27(24)33)23-12-10-22(11-13-23)32(34)16-6-17-32/h4-5,7-15,18-19H,6,16-17,34H2,1-3H3,(H2,33,35)(H,38,40). The third-order valence-corrected chi connectivity index (χ3v) is 7.44. The van der Waals surface area contributed by atoms with E-state index >= 15 is 0 Å². The van der Waals surface area contributed by atoms with E-state index in [1.54, 1.807) is 6.20 Å². The predicted molar refractivity (Wildman–Crippen MR) is 159 cm³/mol. The van der Waals surface area contributed by atoms with Crippen LogP contribution < -0.4 is 16.8 Å². The van der Waals surface area contributed by atoms with Crippen LogP contribution in [0.2, 0.25) is 0 Å². The van der Waals surface area contributed by atoms with Crippen LogP contribution in [-0.4, -0.2) is 31.0 Å². The Hall–Kier alpha value is -4.56. The highest BCUT2D eigenvalue weighted by atomic mass is 16.1. The van der Waals surface area contributed by atoms with Gasteiger partial charge in [0.1, 0.15) is 11.3 Å². The summed E-state index contributed by atoms with van der Waals surface area (Å²) in [5, 5.41) is 3.02. The molecule has 3 heterocycles. The van der Waals surface area contributed by atoms with Crippen LogP contribution in [-0.2, 0) is 5.54 Å². The molecular formula is C32H33N7O. The van der Waals surface area contributed by atoms with Crippen LogP contribution in [0.5, 0.6) is 0 Å². The summed E-state index contributed by atoms with van der Waals surface area (Å²) in [7, 11) is 0. The lowest BCUT2D eigenvalue weighted by Gasteiger charge is -2.38. The van der Waals surface area contributed by atoms with Crippen molar-refractivity contribution in [1.29, 1.82) is 0 Å². The Kier molecular flexibility index (Phi) is 6.15. The van der Waals surface area contributed by atoms with Crippen LogP contribution in [0, 0.1) is 0 Å². The fourth-order valence-electron chi connectivity index (χ4n) is 5.17. The first-order valence-electron chi connectivity index (χ1n) is 13.5. The number of hydrogen-bond acceptors (Lipinski definition) is 6. The van der Waals surface area contributed by atoms with E-state index in [1.807, 2.05) is 73.9 Å². The fraction of sp³-hybridized carbons (Fsp3) is 0.250. The average Bonchev–Trinajstić information content (AvgIpc) is 3.30. The summed E-state index contributed by atoms with van der Waals surface area (Å²) in [6.45, 7) is 5.89. The van der Waals surface area contributed by atoms with E-state index in [0.29, 0.717) is 22.9 Å². The Morgan fingerprint density at radius 2 is 1.75 bits per heavy atom. The van der Waals surface area contributed by atoms with E-state index in [0.717, 1.165) is 52.9 Å². The maximum absolute atomic E-state index is 12.8. The summed E-state index contributed by atoms with van der Waals surface area (Å²) in [4.78, 5) is 27.1. The minimum absolute atomic E-state index is 0.126. The maximum atomic E-state index is 12.8. The quantitative estimate of drug-likeness (QED) is 0.271. The minimum atomic E-state index is -0.334. The fourth-order valence-corrected chi connectivity index (χ4v) is 5.17. The third-order valence-electron chi connectivity index (χ3n) is 7.44. The summed E-state index contributed by atoms with van der Waals surface area (Å²) in [6, 6.07) is 23.5. The number of rotatable bonds is 5. The molecule has 0 spiro atoms. The molecule has 0 unspecified atom stereocenters. The van der Waals surface area contributed by atoms with Crippen LogP contribution >= 0.6 is 0 Å². The second-order valence-corrected chi connectivity index (χ2v) is 11.6. The minimum Gasteiger partial charge on any atom is -0.383 e. The van der Waals surface area contributed by atoms with Gasteiger partial charge in [0.2, 0.25) is 0 Å². The lowest BCUT2D eigenvalue weighted by atomic mass is 9.73. The first-order chi connectivity index (χ1) is 19.1. The summed E-state index contributed by atoms with van der Waals surface area (Å²) < 4.78 is 2.01. The van der Waals surface area contributed by atoms with Gasteiger partial charge in [-0.3, -0.25) is 9.36 Å². The number of anilines is 1. The Labute approximate surface area is 233 Å². The molecule has 8 heteroatoms. The molecule has 2 aromatic carbocycles. The van der Waals surface area contributed by atoms with E-state index < -0.39 is 0 Å². The predicted octanol–water partition coefficient (Wildman–Crippen LogP) is 5.60. The Balaban J connectivity index is 1.48. The molecule has 5 aromatic rings. The van der Waals surface area contributed by atoms with Gasteiger partial charge in [0.15, 0.2) is 11.5 Å². The van der Waals surface area contributed by atoms with Crippen molar-refractivity contribution in [3.8, 4) is 28.3 Å². The molecule has 0 radical (unpaired) electrons. The zero-order chi connectivity index (χ0) is 28.1. The van der Waals surface area contributed by atoms with Crippen LogP contribution in [0.1, 0.15) is 56.0 Å². The first-order valence-corrected chi connectivity index (χ1v) is 13.5. The smallest absolute Gasteiger partial charge is 0.251 e. The number of nitrogens with one attached hydrogen (secondary N) is 1.